The van der Waals surface area contributed by atoms with Crippen LogP contribution in [0.25, 0.3) is 11.4 Å². The topological polar surface area (TPSA) is 57.0 Å². The standard InChI is InChI=1S/C18H15F2N3O2S/c1-23-17(12-5-3-4-6-16(12)25-2)21-22-18(23)26-10-15(24)11-7-8-13(19)14(20)9-11/h3-9H,10H2,1-2H3. The second kappa shape index (κ2) is 7.65. The molecule has 134 valence electrons. The summed E-state index contributed by atoms with van der Waals surface area (Å²) >= 11 is 1.17. The number of halogens is 2. The van der Waals surface area contributed by atoms with Gasteiger partial charge >= 0.3 is 0 Å². The first-order chi connectivity index (χ1) is 12.5. The smallest absolute Gasteiger partial charge is 0.191 e. The maximum absolute atomic E-state index is 13.3. The Labute approximate surface area is 153 Å². The second-order valence-electron chi connectivity index (χ2n) is 5.41. The van der Waals surface area contributed by atoms with E-state index in [9.17, 15) is 13.6 Å². The van der Waals surface area contributed by atoms with Gasteiger partial charge in [0.1, 0.15) is 5.75 Å². The fourth-order valence-corrected chi connectivity index (χ4v) is 3.19. The van der Waals surface area contributed by atoms with Crippen LogP contribution in [-0.4, -0.2) is 33.4 Å². The number of methoxy groups -OCH3 is 1. The minimum atomic E-state index is -1.04. The summed E-state index contributed by atoms with van der Waals surface area (Å²) < 4.78 is 33.3. The van der Waals surface area contributed by atoms with E-state index in [1.807, 2.05) is 24.3 Å². The number of carbonyl (C=O) groups excluding carboxylic acids is 1. The number of benzene rings is 2. The Balaban J connectivity index is 1.76. The zero-order chi connectivity index (χ0) is 18.7. The molecule has 3 aromatic rings. The summed E-state index contributed by atoms with van der Waals surface area (Å²) in [7, 11) is 3.36. The molecule has 1 aromatic heterocycles. The van der Waals surface area contributed by atoms with Crippen LogP contribution < -0.4 is 4.74 Å². The Morgan fingerprint density at radius 3 is 2.65 bits per heavy atom. The molecule has 0 N–H and O–H groups in total. The first kappa shape index (κ1) is 18.1. The molecule has 0 aliphatic carbocycles. The highest BCUT2D eigenvalue weighted by Crippen LogP contribution is 2.30. The normalized spacial score (nSPS) is 10.8. The van der Waals surface area contributed by atoms with Gasteiger partial charge in [0.15, 0.2) is 28.4 Å². The summed E-state index contributed by atoms with van der Waals surface area (Å²) in [6.45, 7) is 0. The number of ketones is 1. The molecule has 0 spiro atoms. The third kappa shape index (κ3) is 3.60. The Kier molecular flexibility index (Phi) is 5.32. The van der Waals surface area contributed by atoms with E-state index >= 15 is 0 Å². The number of rotatable bonds is 6. The molecule has 0 aliphatic heterocycles. The number of carbonyl (C=O) groups is 1. The van der Waals surface area contributed by atoms with E-state index in [0.717, 1.165) is 17.7 Å². The van der Waals surface area contributed by atoms with Gasteiger partial charge in [-0.1, -0.05) is 23.9 Å². The van der Waals surface area contributed by atoms with Gasteiger partial charge < -0.3 is 9.30 Å². The number of Topliss-reactive ketones (excluding diaryl/α,β-unsaturated/α-hetero) is 1. The van der Waals surface area contributed by atoms with Gasteiger partial charge in [-0.25, -0.2) is 8.78 Å². The highest BCUT2D eigenvalue weighted by atomic mass is 32.2. The number of nitrogens with zero attached hydrogens (tertiary/aromatic N) is 3. The lowest BCUT2D eigenvalue weighted by Crippen LogP contribution is -2.05. The highest BCUT2D eigenvalue weighted by molar-refractivity contribution is 7.99. The monoisotopic (exact) mass is 375 g/mol. The molecule has 0 atom stereocenters. The molecule has 0 unspecified atom stereocenters. The number of hydrogen-bond acceptors (Lipinski definition) is 5. The average molecular weight is 375 g/mol. The van der Waals surface area contributed by atoms with E-state index in [4.69, 9.17) is 4.74 Å². The number of para-hydroxylation sites is 1. The van der Waals surface area contributed by atoms with Gasteiger partial charge in [-0.15, -0.1) is 10.2 Å². The van der Waals surface area contributed by atoms with Crippen molar-refractivity contribution in [2.45, 2.75) is 5.16 Å². The van der Waals surface area contributed by atoms with Crippen molar-refractivity contribution in [3.63, 3.8) is 0 Å². The van der Waals surface area contributed by atoms with Crippen molar-refractivity contribution in [3.8, 4) is 17.1 Å². The van der Waals surface area contributed by atoms with Crippen LogP contribution >= 0.6 is 11.8 Å². The molecule has 0 radical (unpaired) electrons. The van der Waals surface area contributed by atoms with Gasteiger partial charge in [0.25, 0.3) is 0 Å². The fraction of sp³-hybridized carbons (Fsp3) is 0.167. The molecule has 0 saturated carbocycles. The van der Waals surface area contributed by atoms with Gasteiger partial charge in [0.05, 0.1) is 18.4 Å². The molecule has 5 nitrogen and oxygen atoms in total. The van der Waals surface area contributed by atoms with E-state index in [-0.39, 0.29) is 17.1 Å². The molecule has 1 heterocycles. The van der Waals surface area contributed by atoms with Crippen molar-refractivity contribution in [1.82, 2.24) is 14.8 Å². The summed E-state index contributed by atoms with van der Waals surface area (Å²) in [5.74, 6) is -1.05. The van der Waals surface area contributed by atoms with Crippen molar-refractivity contribution in [1.29, 1.82) is 0 Å². The summed E-state index contributed by atoms with van der Waals surface area (Å²) in [4.78, 5) is 12.2. The highest BCUT2D eigenvalue weighted by Gasteiger charge is 2.17. The molecular weight excluding hydrogens is 360 g/mol. The second-order valence-corrected chi connectivity index (χ2v) is 6.35. The molecule has 8 heteroatoms. The van der Waals surface area contributed by atoms with Gasteiger partial charge in [0.2, 0.25) is 0 Å². The summed E-state index contributed by atoms with van der Waals surface area (Å²) in [5, 5.41) is 8.79. The third-order valence-corrected chi connectivity index (χ3v) is 4.78. The van der Waals surface area contributed by atoms with E-state index in [0.29, 0.717) is 16.7 Å². The molecule has 0 saturated heterocycles. The van der Waals surface area contributed by atoms with Crippen LogP contribution in [0.1, 0.15) is 10.4 Å². The fourth-order valence-electron chi connectivity index (χ4n) is 2.39. The first-order valence-corrected chi connectivity index (χ1v) is 8.63. The first-order valence-electron chi connectivity index (χ1n) is 7.65. The average Bonchev–Trinajstić information content (AvgIpc) is 3.02. The van der Waals surface area contributed by atoms with Gasteiger partial charge in [0, 0.05) is 12.6 Å². The summed E-state index contributed by atoms with van der Waals surface area (Å²) in [5.41, 5.74) is 0.896. The van der Waals surface area contributed by atoms with Crippen LogP contribution in [0, 0.1) is 11.6 Å². The zero-order valence-electron chi connectivity index (χ0n) is 14.1. The van der Waals surface area contributed by atoms with Crippen molar-refractivity contribution >= 4 is 17.5 Å². The number of ether oxygens (including phenoxy) is 1. The van der Waals surface area contributed by atoms with Crippen LogP contribution in [0.15, 0.2) is 47.6 Å². The van der Waals surface area contributed by atoms with Crippen molar-refractivity contribution in [2.75, 3.05) is 12.9 Å². The summed E-state index contributed by atoms with van der Waals surface area (Å²) in [6, 6.07) is 10.5. The molecule has 3 rings (SSSR count). The Morgan fingerprint density at radius 1 is 1.15 bits per heavy atom. The van der Waals surface area contributed by atoms with Crippen LogP contribution in [-0.2, 0) is 7.05 Å². The van der Waals surface area contributed by atoms with Gasteiger partial charge in [-0.3, -0.25) is 4.79 Å². The third-order valence-electron chi connectivity index (χ3n) is 3.76. The summed E-state index contributed by atoms with van der Waals surface area (Å²) in [6.07, 6.45) is 0. The van der Waals surface area contributed by atoms with Crippen molar-refractivity contribution in [3.05, 3.63) is 59.7 Å². The molecule has 0 bridgehead atoms. The molecule has 0 fully saturated rings. The lowest BCUT2D eigenvalue weighted by molar-refractivity contribution is 0.102. The molecule has 26 heavy (non-hydrogen) atoms. The number of hydrogen-bond donors (Lipinski definition) is 0. The molecular formula is C18H15F2N3O2S. The molecule has 0 aliphatic rings. The predicted molar refractivity (Wildman–Crippen MR) is 94.4 cm³/mol. The Hall–Kier alpha value is -2.74. The minimum Gasteiger partial charge on any atom is -0.496 e. The lowest BCUT2D eigenvalue weighted by Gasteiger charge is -2.08. The van der Waals surface area contributed by atoms with E-state index in [2.05, 4.69) is 10.2 Å². The minimum absolute atomic E-state index is 0.0307. The predicted octanol–water partition coefficient (Wildman–Crippen LogP) is 3.74. The van der Waals surface area contributed by atoms with Gasteiger partial charge in [-0.2, -0.15) is 0 Å². The Morgan fingerprint density at radius 2 is 1.92 bits per heavy atom. The van der Waals surface area contributed by atoms with E-state index in [1.54, 1.807) is 18.7 Å². The largest absolute Gasteiger partial charge is 0.496 e. The molecule has 0 amide bonds. The lowest BCUT2D eigenvalue weighted by atomic mass is 10.1. The SMILES string of the molecule is COc1ccccc1-c1nnc(SCC(=O)c2ccc(F)c(F)c2)n1C. The number of thioether (sulfide) groups is 1. The van der Waals surface area contributed by atoms with E-state index < -0.39 is 11.6 Å². The Bertz CT molecular complexity index is 959. The van der Waals surface area contributed by atoms with Crippen LogP contribution in [0.2, 0.25) is 0 Å². The zero-order valence-corrected chi connectivity index (χ0v) is 14.9. The quantitative estimate of drug-likeness (QED) is 0.485. The molecule has 2 aromatic carbocycles. The van der Waals surface area contributed by atoms with E-state index in [1.165, 1.54) is 17.8 Å². The van der Waals surface area contributed by atoms with Crippen LogP contribution in [0.5, 0.6) is 5.75 Å². The van der Waals surface area contributed by atoms with Crippen molar-refractivity contribution in [2.24, 2.45) is 7.05 Å². The maximum Gasteiger partial charge on any atom is 0.191 e. The van der Waals surface area contributed by atoms with Crippen LogP contribution in [0.4, 0.5) is 8.78 Å². The van der Waals surface area contributed by atoms with Crippen LogP contribution in [0.3, 0.4) is 0 Å². The van der Waals surface area contributed by atoms with Gasteiger partial charge in [-0.05, 0) is 30.3 Å². The van der Waals surface area contributed by atoms with Crippen molar-refractivity contribution < 1.29 is 18.3 Å². The number of aromatic nitrogens is 3. The maximum atomic E-state index is 13.3.